The van der Waals surface area contributed by atoms with Crippen LogP contribution in [0.25, 0.3) is 0 Å². The Kier molecular flexibility index (Phi) is 9.76. The molecule has 0 aliphatic rings. The van der Waals surface area contributed by atoms with Gasteiger partial charge in [-0.2, -0.15) is 0 Å². The lowest BCUT2D eigenvalue weighted by Crippen LogP contribution is -2.36. The lowest BCUT2D eigenvalue weighted by molar-refractivity contribution is -0.141. The summed E-state index contributed by atoms with van der Waals surface area (Å²) in [7, 11) is 6.05. The van der Waals surface area contributed by atoms with Crippen LogP contribution in [0.15, 0.2) is 18.2 Å². The monoisotopic (exact) mass is 346 g/mol. The highest BCUT2D eigenvalue weighted by molar-refractivity contribution is 5.85. The Morgan fingerprint density at radius 3 is 2.30 bits per heavy atom. The van der Waals surface area contributed by atoms with Crippen molar-refractivity contribution in [2.24, 2.45) is 0 Å². The summed E-state index contributed by atoms with van der Waals surface area (Å²) in [5, 5.41) is 5.55. The zero-order valence-electron chi connectivity index (χ0n) is 13.7. The third-order valence-electron chi connectivity index (χ3n) is 3.08. The second-order valence-electron chi connectivity index (χ2n) is 4.55. The molecule has 1 atom stereocenters. The first-order valence-electron chi connectivity index (χ1n) is 6.78. The molecule has 0 fully saturated rings. The van der Waals surface area contributed by atoms with Crippen molar-refractivity contribution in [3.63, 3.8) is 0 Å². The molecule has 0 saturated heterocycles. The summed E-state index contributed by atoms with van der Waals surface area (Å²) in [4.78, 5) is 23.4. The summed E-state index contributed by atoms with van der Waals surface area (Å²) < 4.78 is 15.1. The van der Waals surface area contributed by atoms with Crippen LogP contribution in [0.3, 0.4) is 0 Å². The summed E-state index contributed by atoms with van der Waals surface area (Å²) in [6.07, 6.45) is 0.0292. The minimum absolute atomic E-state index is 0. The van der Waals surface area contributed by atoms with E-state index in [-0.39, 0.29) is 31.3 Å². The first-order chi connectivity index (χ1) is 10.5. The van der Waals surface area contributed by atoms with Gasteiger partial charge in [0.25, 0.3) is 0 Å². The molecule has 0 aliphatic carbocycles. The maximum absolute atomic E-state index is 11.8. The number of likely N-dealkylation sites (N-methyl/N-ethyl adjacent to an activating group) is 1. The third-order valence-corrected chi connectivity index (χ3v) is 3.08. The largest absolute Gasteiger partial charge is 0.493 e. The van der Waals surface area contributed by atoms with Gasteiger partial charge in [0.2, 0.25) is 5.91 Å². The molecule has 130 valence electrons. The van der Waals surface area contributed by atoms with Gasteiger partial charge in [0, 0.05) is 0 Å². The second-order valence-corrected chi connectivity index (χ2v) is 4.55. The van der Waals surface area contributed by atoms with Gasteiger partial charge in [-0.15, -0.1) is 12.4 Å². The smallest absolute Gasteiger partial charge is 0.307 e. The van der Waals surface area contributed by atoms with Gasteiger partial charge in [-0.3, -0.25) is 9.59 Å². The fourth-order valence-electron chi connectivity index (χ4n) is 1.98. The Labute approximate surface area is 142 Å². The molecule has 0 aromatic heterocycles. The van der Waals surface area contributed by atoms with Crippen LogP contribution in [0, 0.1) is 0 Å². The van der Waals surface area contributed by atoms with Crippen LogP contribution in [-0.2, 0) is 14.3 Å². The fraction of sp³-hybridized carbons (Fsp3) is 0.467. The van der Waals surface area contributed by atoms with Crippen molar-refractivity contribution in [3.8, 4) is 11.5 Å². The van der Waals surface area contributed by atoms with E-state index in [2.05, 4.69) is 15.4 Å². The molecule has 0 aliphatic heterocycles. The number of esters is 1. The molecule has 0 radical (unpaired) electrons. The summed E-state index contributed by atoms with van der Waals surface area (Å²) in [6, 6.07) is 4.72. The number of benzene rings is 1. The summed E-state index contributed by atoms with van der Waals surface area (Å²) in [5.74, 6) is 0.470. The molecule has 23 heavy (non-hydrogen) atoms. The first kappa shape index (κ1) is 21.0. The quantitative estimate of drug-likeness (QED) is 0.685. The Morgan fingerprint density at radius 1 is 1.13 bits per heavy atom. The second kappa shape index (κ2) is 10.7. The highest BCUT2D eigenvalue weighted by Gasteiger charge is 2.20. The number of ether oxygens (including phenoxy) is 3. The third kappa shape index (κ3) is 6.33. The normalized spacial score (nSPS) is 11.0. The Hall–Kier alpha value is -1.99. The van der Waals surface area contributed by atoms with Crippen LogP contribution in [0.4, 0.5) is 0 Å². The van der Waals surface area contributed by atoms with Crippen LogP contribution in [0.5, 0.6) is 11.5 Å². The van der Waals surface area contributed by atoms with Gasteiger partial charge in [-0.1, -0.05) is 6.07 Å². The van der Waals surface area contributed by atoms with Crippen molar-refractivity contribution < 1.29 is 23.8 Å². The van der Waals surface area contributed by atoms with Crippen molar-refractivity contribution in [3.05, 3.63) is 23.8 Å². The van der Waals surface area contributed by atoms with Crippen molar-refractivity contribution in [1.82, 2.24) is 10.6 Å². The molecular weight excluding hydrogens is 324 g/mol. The van der Waals surface area contributed by atoms with Crippen molar-refractivity contribution in [2.45, 2.75) is 12.5 Å². The molecular formula is C15H23ClN2O5. The highest BCUT2D eigenvalue weighted by Crippen LogP contribution is 2.31. The van der Waals surface area contributed by atoms with E-state index in [1.54, 1.807) is 25.2 Å². The van der Waals surface area contributed by atoms with Gasteiger partial charge in [-0.05, 0) is 24.7 Å². The summed E-state index contributed by atoms with van der Waals surface area (Å²) in [5.41, 5.74) is 0.729. The molecule has 1 unspecified atom stereocenters. The van der Waals surface area contributed by atoms with Crippen LogP contribution in [0.2, 0.25) is 0 Å². The van der Waals surface area contributed by atoms with E-state index in [9.17, 15) is 9.59 Å². The Morgan fingerprint density at radius 2 is 1.78 bits per heavy atom. The molecule has 0 saturated carbocycles. The topological polar surface area (TPSA) is 85.9 Å². The number of hydrogen-bond donors (Lipinski definition) is 2. The standard InChI is InChI=1S/C15H22N2O5.ClH/c1-16-9-14(18)17-11(8-15(19)22-4)10-5-6-12(20-2)13(7-10)21-3;/h5-7,11,16H,8-9H2,1-4H3,(H,17,18);1H. The van der Waals surface area contributed by atoms with Crippen molar-refractivity contribution in [1.29, 1.82) is 0 Å². The van der Waals surface area contributed by atoms with Gasteiger partial charge in [-0.25, -0.2) is 0 Å². The van der Waals surface area contributed by atoms with Crippen molar-refractivity contribution in [2.75, 3.05) is 34.9 Å². The molecule has 2 N–H and O–H groups in total. The van der Waals surface area contributed by atoms with E-state index in [4.69, 9.17) is 9.47 Å². The highest BCUT2D eigenvalue weighted by atomic mass is 35.5. The molecule has 7 nitrogen and oxygen atoms in total. The molecule has 1 amide bonds. The fourth-order valence-corrected chi connectivity index (χ4v) is 1.98. The maximum Gasteiger partial charge on any atom is 0.307 e. The van der Waals surface area contributed by atoms with Gasteiger partial charge in [0.15, 0.2) is 11.5 Å². The number of carbonyl (C=O) groups is 2. The molecule has 0 spiro atoms. The van der Waals surface area contributed by atoms with E-state index in [1.807, 2.05) is 0 Å². The van der Waals surface area contributed by atoms with Gasteiger partial charge in [0.05, 0.1) is 40.3 Å². The Balaban J connectivity index is 0.00000484. The van der Waals surface area contributed by atoms with Gasteiger partial charge < -0.3 is 24.8 Å². The van der Waals surface area contributed by atoms with Crippen LogP contribution >= 0.6 is 12.4 Å². The van der Waals surface area contributed by atoms with Crippen LogP contribution < -0.4 is 20.1 Å². The molecule has 0 heterocycles. The number of amides is 1. The van der Waals surface area contributed by atoms with Crippen molar-refractivity contribution >= 4 is 24.3 Å². The lowest BCUT2D eigenvalue weighted by atomic mass is 10.0. The molecule has 1 rings (SSSR count). The minimum Gasteiger partial charge on any atom is -0.493 e. The van der Waals surface area contributed by atoms with E-state index in [0.29, 0.717) is 11.5 Å². The van der Waals surface area contributed by atoms with Gasteiger partial charge >= 0.3 is 5.97 Å². The number of hydrogen-bond acceptors (Lipinski definition) is 6. The average molecular weight is 347 g/mol. The van der Waals surface area contributed by atoms with E-state index >= 15 is 0 Å². The van der Waals surface area contributed by atoms with E-state index in [0.717, 1.165) is 5.56 Å². The van der Waals surface area contributed by atoms with Gasteiger partial charge in [0.1, 0.15) is 0 Å². The molecule has 1 aromatic carbocycles. The predicted molar refractivity (Wildman–Crippen MR) is 88.2 cm³/mol. The molecule has 1 aromatic rings. The summed E-state index contributed by atoms with van der Waals surface area (Å²) in [6.45, 7) is 0.158. The predicted octanol–water partition coefficient (Wildman–Crippen LogP) is 1.07. The zero-order valence-corrected chi connectivity index (χ0v) is 14.5. The number of halogens is 1. The molecule has 0 bridgehead atoms. The van der Waals surface area contributed by atoms with Crippen LogP contribution in [0.1, 0.15) is 18.0 Å². The average Bonchev–Trinajstić information content (AvgIpc) is 2.53. The number of methoxy groups -OCH3 is 3. The summed E-state index contributed by atoms with van der Waals surface area (Å²) >= 11 is 0. The molecule has 8 heteroatoms. The number of carbonyl (C=O) groups excluding carboxylic acids is 2. The first-order valence-corrected chi connectivity index (χ1v) is 6.78. The number of rotatable bonds is 8. The SMILES string of the molecule is CNCC(=O)NC(CC(=O)OC)c1ccc(OC)c(OC)c1.Cl. The lowest BCUT2D eigenvalue weighted by Gasteiger charge is -2.19. The van der Waals surface area contributed by atoms with E-state index in [1.165, 1.54) is 21.3 Å². The van der Waals surface area contributed by atoms with Crippen LogP contribution in [-0.4, -0.2) is 46.8 Å². The zero-order chi connectivity index (χ0) is 16.5. The van der Waals surface area contributed by atoms with E-state index < -0.39 is 12.0 Å². The Bertz CT molecular complexity index is 525. The maximum atomic E-state index is 11.8. The number of nitrogens with one attached hydrogen (secondary N) is 2. The minimum atomic E-state index is -0.506.